The van der Waals surface area contributed by atoms with Gasteiger partial charge in [-0.15, -0.1) is 0 Å². The molecule has 0 aliphatic heterocycles. The molecule has 0 amide bonds. The van der Waals surface area contributed by atoms with Gasteiger partial charge in [0.15, 0.2) is 12.2 Å². The van der Waals surface area contributed by atoms with E-state index < -0.39 is 97.5 Å². The summed E-state index contributed by atoms with van der Waals surface area (Å²) in [5.74, 6) is -0.533. The lowest BCUT2D eigenvalue weighted by atomic mass is 9.99. The van der Waals surface area contributed by atoms with Crippen molar-refractivity contribution < 1.29 is 80.2 Å². The number of ether oxygens (including phenoxy) is 4. The van der Waals surface area contributed by atoms with Gasteiger partial charge >= 0.3 is 39.5 Å². The molecule has 3 unspecified atom stereocenters. The second-order valence-corrected chi connectivity index (χ2v) is 32.8. The fourth-order valence-electron chi connectivity index (χ4n) is 12.5. The van der Waals surface area contributed by atoms with Gasteiger partial charge in [0.05, 0.1) is 26.4 Å². The molecule has 6 atom stereocenters. The maximum atomic E-state index is 13.1. The Morgan fingerprint density at radius 2 is 0.510 bits per heavy atom. The topological polar surface area (TPSA) is 237 Å². The van der Waals surface area contributed by atoms with Gasteiger partial charge in [0.2, 0.25) is 0 Å². The molecule has 0 saturated heterocycles. The molecule has 0 aromatic rings. The number of hydrogen-bond donors (Lipinski definition) is 3. The average molecular weight is 1470 g/mol. The summed E-state index contributed by atoms with van der Waals surface area (Å²) >= 11 is 0. The molecule has 3 N–H and O–H groups in total. The van der Waals surface area contributed by atoms with E-state index in [-0.39, 0.29) is 25.7 Å². The maximum Gasteiger partial charge on any atom is 0.472 e. The first kappa shape index (κ1) is 98.1. The second-order valence-electron chi connectivity index (χ2n) is 29.9. The fourth-order valence-corrected chi connectivity index (χ4v) is 14.1. The van der Waals surface area contributed by atoms with Crippen LogP contribution in [0.4, 0.5) is 0 Å². The molecule has 0 radical (unpaired) electrons. The zero-order chi connectivity index (χ0) is 73.5. The van der Waals surface area contributed by atoms with E-state index in [0.717, 1.165) is 102 Å². The first-order valence-corrected chi connectivity index (χ1v) is 45.0. The lowest BCUT2D eigenvalue weighted by Crippen LogP contribution is -2.30. The summed E-state index contributed by atoms with van der Waals surface area (Å²) < 4.78 is 68.6. The van der Waals surface area contributed by atoms with E-state index in [9.17, 15) is 43.2 Å². The molecule has 0 aliphatic rings. The lowest BCUT2D eigenvalue weighted by Gasteiger charge is -2.21. The summed E-state index contributed by atoms with van der Waals surface area (Å²) in [7, 11) is -9.92. The normalized spacial score (nSPS) is 14.2. The number of hydrogen-bond acceptors (Lipinski definition) is 15. The SMILES string of the molecule is CCCCCCCCCCCCCCCCCCCC(=O)OC[C@H](COP(=O)(O)OC[C@@H](O)COP(=O)(O)OC[C@@H](COC(=O)CCCCCCCCCC(C)C)OC(=O)CCCCCCCCCCCCC)OC(=O)CCCCCCCCCCCCCCCCCCCCC(C)CC. The monoisotopic (exact) mass is 1470 g/mol. The van der Waals surface area contributed by atoms with Gasteiger partial charge in [-0.1, -0.05) is 375 Å². The summed E-state index contributed by atoms with van der Waals surface area (Å²) in [6.07, 6.45) is 62.5. The first-order valence-electron chi connectivity index (χ1n) is 42.0. The van der Waals surface area contributed by atoms with Crippen LogP contribution in [0.1, 0.15) is 427 Å². The van der Waals surface area contributed by atoms with Crippen LogP contribution >= 0.6 is 15.6 Å². The number of phosphoric ester groups is 2. The highest BCUT2D eigenvalue weighted by Crippen LogP contribution is 2.45. The molecule has 0 spiro atoms. The van der Waals surface area contributed by atoms with E-state index in [1.165, 1.54) is 238 Å². The molecule has 0 heterocycles. The summed E-state index contributed by atoms with van der Waals surface area (Å²) in [6, 6.07) is 0. The minimum Gasteiger partial charge on any atom is -0.462 e. The van der Waals surface area contributed by atoms with Crippen molar-refractivity contribution in [2.24, 2.45) is 11.8 Å². The summed E-state index contributed by atoms with van der Waals surface area (Å²) in [5.41, 5.74) is 0. The molecule has 0 aromatic carbocycles. The summed E-state index contributed by atoms with van der Waals surface area (Å²) in [4.78, 5) is 72.9. The molecular formula is C81H158O17P2. The Hall–Kier alpha value is -1.94. The van der Waals surface area contributed by atoms with Gasteiger partial charge in [-0.05, 0) is 37.5 Å². The van der Waals surface area contributed by atoms with Crippen molar-refractivity contribution in [3.8, 4) is 0 Å². The van der Waals surface area contributed by atoms with Crippen LogP contribution in [-0.2, 0) is 65.4 Å². The Bertz CT molecular complexity index is 1930. The third-order valence-corrected chi connectivity index (χ3v) is 21.2. The number of aliphatic hydroxyl groups excluding tert-OH is 1. The third kappa shape index (κ3) is 73.0. The zero-order valence-electron chi connectivity index (χ0n) is 65.5. The number of esters is 4. The van der Waals surface area contributed by atoms with Gasteiger partial charge in [-0.25, -0.2) is 9.13 Å². The summed E-state index contributed by atoms with van der Waals surface area (Å²) in [5, 5.41) is 10.6. The van der Waals surface area contributed by atoms with Crippen LogP contribution in [0.5, 0.6) is 0 Å². The van der Waals surface area contributed by atoms with Crippen molar-refractivity contribution in [2.45, 2.75) is 445 Å². The molecule has 0 saturated carbocycles. The largest absolute Gasteiger partial charge is 0.472 e. The average Bonchev–Trinajstić information content (AvgIpc) is 0.933. The number of aliphatic hydroxyl groups is 1. The molecule has 17 nitrogen and oxygen atoms in total. The standard InChI is InChI=1S/C81H158O17P2/c1-7-10-12-14-16-18-20-21-22-25-29-32-36-39-45-51-57-63-78(83)91-69-76(97-81(86)66-60-54-47-41-37-33-30-27-24-23-26-28-31-35-38-44-50-56-62-74(6)9-3)71-95-99(87,88)93-67-75(82)68-94-100(89,90)96-72-77(70-92-79(84)64-58-52-48-42-43-49-55-61-73(4)5)98-80(85)65-59-53-46-40-34-19-17-15-13-11-8-2/h73-77,82H,7-72H2,1-6H3,(H,87,88)(H,89,90)/t74?,75-,76-,77-/m1/s1. The van der Waals surface area contributed by atoms with Crippen LogP contribution in [-0.4, -0.2) is 96.7 Å². The van der Waals surface area contributed by atoms with E-state index in [1.807, 2.05) is 0 Å². The minimum atomic E-state index is -4.96. The Morgan fingerprint density at radius 3 is 0.760 bits per heavy atom. The third-order valence-electron chi connectivity index (χ3n) is 19.3. The van der Waals surface area contributed by atoms with Crippen molar-refractivity contribution in [1.29, 1.82) is 0 Å². The number of unbranched alkanes of at least 4 members (excludes halogenated alkanes) is 49. The number of rotatable bonds is 80. The van der Waals surface area contributed by atoms with E-state index in [4.69, 9.17) is 37.0 Å². The number of carbonyl (C=O) groups is 4. The van der Waals surface area contributed by atoms with E-state index in [0.29, 0.717) is 31.6 Å². The van der Waals surface area contributed by atoms with Crippen molar-refractivity contribution in [1.82, 2.24) is 0 Å². The van der Waals surface area contributed by atoms with E-state index in [1.54, 1.807) is 0 Å². The van der Waals surface area contributed by atoms with Crippen molar-refractivity contribution in [3.05, 3.63) is 0 Å². The molecule has 0 fully saturated rings. The maximum absolute atomic E-state index is 13.1. The quantitative estimate of drug-likeness (QED) is 0.0222. The molecule has 0 rings (SSSR count). The second kappa shape index (κ2) is 72.6. The van der Waals surface area contributed by atoms with E-state index in [2.05, 4.69) is 41.5 Å². The molecule has 100 heavy (non-hydrogen) atoms. The molecule has 0 bridgehead atoms. The van der Waals surface area contributed by atoms with Gasteiger partial charge in [-0.3, -0.25) is 37.3 Å². The Labute approximate surface area is 613 Å². The molecule has 0 aliphatic carbocycles. The first-order chi connectivity index (χ1) is 48.4. The highest BCUT2D eigenvalue weighted by molar-refractivity contribution is 7.47. The Kier molecular flexibility index (Phi) is 71.2. The van der Waals surface area contributed by atoms with Crippen LogP contribution in [0.15, 0.2) is 0 Å². The Morgan fingerprint density at radius 1 is 0.290 bits per heavy atom. The van der Waals surface area contributed by atoms with Crippen LogP contribution in [0.25, 0.3) is 0 Å². The van der Waals surface area contributed by atoms with Crippen LogP contribution in [0.3, 0.4) is 0 Å². The smallest absolute Gasteiger partial charge is 0.462 e. The highest BCUT2D eigenvalue weighted by Gasteiger charge is 2.30. The Balaban J connectivity index is 5.20. The van der Waals surface area contributed by atoms with Gasteiger partial charge in [0.1, 0.15) is 19.3 Å². The van der Waals surface area contributed by atoms with Crippen molar-refractivity contribution in [2.75, 3.05) is 39.6 Å². The molecule has 0 aromatic heterocycles. The highest BCUT2D eigenvalue weighted by atomic mass is 31.2. The van der Waals surface area contributed by atoms with E-state index >= 15 is 0 Å². The minimum absolute atomic E-state index is 0.106. The summed E-state index contributed by atoms with van der Waals surface area (Å²) in [6.45, 7) is 9.64. The van der Waals surface area contributed by atoms with Gasteiger partial charge in [-0.2, -0.15) is 0 Å². The molecule has 594 valence electrons. The molecule has 19 heteroatoms. The van der Waals surface area contributed by atoms with Crippen LogP contribution in [0.2, 0.25) is 0 Å². The number of phosphoric acid groups is 2. The van der Waals surface area contributed by atoms with Crippen molar-refractivity contribution in [3.63, 3.8) is 0 Å². The fraction of sp³-hybridized carbons (Fsp3) is 0.951. The lowest BCUT2D eigenvalue weighted by molar-refractivity contribution is -0.161. The van der Waals surface area contributed by atoms with Gasteiger partial charge < -0.3 is 33.8 Å². The number of carbonyl (C=O) groups excluding carboxylic acids is 4. The van der Waals surface area contributed by atoms with Crippen LogP contribution in [0, 0.1) is 11.8 Å². The predicted molar refractivity (Wildman–Crippen MR) is 409 cm³/mol. The molecular weight excluding hydrogens is 1310 g/mol. The zero-order valence-corrected chi connectivity index (χ0v) is 67.3. The van der Waals surface area contributed by atoms with Crippen molar-refractivity contribution >= 4 is 39.5 Å². The van der Waals surface area contributed by atoms with Gasteiger partial charge in [0.25, 0.3) is 0 Å². The van der Waals surface area contributed by atoms with Crippen LogP contribution < -0.4 is 0 Å². The van der Waals surface area contributed by atoms with Gasteiger partial charge in [0, 0.05) is 25.7 Å². The predicted octanol–water partition coefficient (Wildman–Crippen LogP) is 24.3.